The first-order chi connectivity index (χ1) is 14.2. The van der Waals surface area contributed by atoms with Crippen LogP contribution in [-0.4, -0.2) is 64.5 Å². The van der Waals surface area contributed by atoms with Crippen molar-refractivity contribution in [3.05, 3.63) is 36.0 Å². The summed E-state index contributed by atoms with van der Waals surface area (Å²) < 4.78 is 7.05. The minimum atomic E-state index is 0.675. The molecule has 0 bridgehead atoms. The molecule has 1 fully saturated rings. The number of anilines is 2. The molecule has 0 aliphatic carbocycles. The average molecular weight is 396 g/mol. The number of nitrogens with zero attached hydrogens (tertiary/aromatic N) is 6. The van der Waals surface area contributed by atoms with Crippen LogP contribution in [0.4, 0.5) is 11.8 Å². The number of methoxy groups -OCH3 is 1. The summed E-state index contributed by atoms with van der Waals surface area (Å²) in [5.41, 5.74) is 2.01. The summed E-state index contributed by atoms with van der Waals surface area (Å²) >= 11 is 0. The van der Waals surface area contributed by atoms with Gasteiger partial charge in [0.1, 0.15) is 11.6 Å². The maximum atomic E-state index is 5.24. The third-order valence-electron chi connectivity index (χ3n) is 5.39. The van der Waals surface area contributed by atoms with E-state index in [9.17, 15) is 0 Å². The highest BCUT2D eigenvalue weighted by atomic mass is 16.5. The second kappa shape index (κ2) is 8.65. The van der Waals surface area contributed by atoms with E-state index in [0.717, 1.165) is 66.8 Å². The fraction of sp³-hybridized carbons (Fsp3) is 0.476. The first kappa shape index (κ1) is 19.4. The summed E-state index contributed by atoms with van der Waals surface area (Å²) in [6.45, 7) is 8.05. The van der Waals surface area contributed by atoms with Crippen LogP contribution in [0.1, 0.15) is 18.9 Å². The van der Waals surface area contributed by atoms with E-state index in [1.807, 2.05) is 30.1 Å². The van der Waals surface area contributed by atoms with Gasteiger partial charge in [-0.05, 0) is 30.7 Å². The summed E-state index contributed by atoms with van der Waals surface area (Å²) in [4.78, 5) is 14.4. The summed E-state index contributed by atoms with van der Waals surface area (Å²) in [7, 11) is 3.60. The van der Waals surface area contributed by atoms with Gasteiger partial charge in [0, 0.05) is 39.8 Å². The quantitative estimate of drug-likeness (QED) is 0.659. The lowest BCUT2D eigenvalue weighted by atomic mass is 10.2. The molecule has 3 aromatic rings. The number of aryl methyl sites for hydroxylation is 1. The van der Waals surface area contributed by atoms with Gasteiger partial charge in [-0.15, -0.1) is 0 Å². The van der Waals surface area contributed by atoms with Crippen molar-refractivity contribution in [2.75, 3.05) is 50.1 Å². The van der Waals surface area contributed by atoms with Crippen molar-refractivity contribution in [1.82, 2.24) is 24.6 Å². The van der Waals surface area contributed by atoms with E-state index in [1.165, 1.54) is 6.42 Å². The molecule has 0 spiro atoms. The van der Waals surface area contributed by atoms with Gasteiger partial charge in [-0.3, -0.25) is 9.58 Å². The maximum absolute atomic E-state index is 5.24. The fourth-order valence-electron chi connectivity index (χ4n) is 3.70. The highest BCUT2D eigenvalue weighted by molar-refractivity contribution is 5.87. The molecule has 0 radical (unpaired) electrons. The predicted molar refractivity (Wildman–Crippen MR) is 116 cm³/mol. The minimum Gasteiger partial charge on any atom is -0.497 e. The van der Waals surface area contributed by atoms with Gasteiger partial charge in [0.15, 0.2) is 5.65 Å². The molecule has 1 N–H and O–H groups in total. The number of rotatable bonds is 7. The lowest BCUT2D eigenvalue weighted by molar-refractivity contribution is 0.257. The van der Waals surface area contributed by atoms with Crippen molar-refractivity contribution >= 4 is 22.8 Å². The second-order valence-electron chi connectivity index (χ2n) is 7.41. The van der Waals surface area contributed by atoms with Crippen LogP contribution in [0.5, 0.6) is 5.75 Å². The molecule has 8 heteroatoms. The van der Waals surface area contributed by atoms with E-state index in [0.29, 0.717) is 6.54 Å². The van der Waals surface area contributed by atoms with Crippen molar-refractivity contribution in [1.29, 1.82) is 0 Å². The van der Waals surface area contributed by atoms with E-state index >= 15 is 0 Å². The molecule has 4 rings (SSSR count). The number of fused-ring (bicyclic) bond motifs is 1. The van der Waals surface area contributed by atoms with Crippen molar-refractivity contribution in [3.63, 3.8) is 0 Å². The molecule has 2 aromatic heterocycles. The Balaban J connectivity index is 1.54. The Labute approximate surface area is 171 Å². The van der Waals surface area contributed by atoms with E-state index in [4.69, 9.17) is 14.7 Å². The fourth-order valence-corrected chi connectivity index (χ4v) is 3.70. The second-order valence-corrected chi connectivity index (χ2v) is 7.41. The molecule has 1 saturated heterocycles. The standard InChI is InChI=1S/C21H29N7O/c1-4-9-27-10-12-28(13-11-27)21-24-19(18-15-23-26(2)20(18)25-21)22-14-16-5-7-17(29-3)8-6-16/h5-8,15H,4,9-14H2,1-3H3,(H,22,24,25). The normalized spacial score (nSPS) is 15.1. The van der Waals surface area contributed by atoms with Crippen LogP contribution in [0.25, 0.3) is 11.0 Å². The van der Waals surface area contributed by atoms with Gasteiger partial charge >= 0.3 is 0 Å². The Morgan fingerprint density at radius 3 is 2.52 bits per heavy atom. The number of ether oxygens (including phenoxy) is 1. The smallest absolute Gasteiger partial charge is 0.229 e. The molecular formula is C21H29N7O. The molecule has 1 aliphatic rings. The molecule has 1 aliphatic heterocycles. The first-order valence-corrected chi connectivity index (χ1v) is 10.2. The topological polar surface area (TPSA) is 71.3 Å². The highest BCUT2D eigenvalue weighted by Gasteiger charge is 2.21. The highest BCUT2D eigenvalue weighted by Crippen LogP contribution is 2.24. The molecule has 29 heavy (non-hydrogen) atoms. The Hall–Kier alpha value is -2.87. The number of hydrogen-bond donors (Lipinski definition) is 1. The number of piperazine rings is 1. The molecule has 154 valence electrons. The summed E-state index contributed by atoms with van der Waals surface area (Å²) in [5.74, 6) is 2.45. The lowest BCUT2D eigenvalue weighted by Crippen LogP contribution is -2.47. The summed E-state index contributed by atoms with van der Waals surface area (Å²) in [6, 6.07) is 8.05. The zero-order valence-electron chi connectivity index (χ0n) is 17.4. The van der Waals surface area contributed by atoms with E-state index < -0.39 is 0 Å². The van der Waals surface area contributed by atoms with E-state index in [-0.39, 0.29) is 0 Å². The molecular weight excluding hydrogens is 366 g/mol. The SMILES string of the molecule is CCCN1CCN(c2nc(NCc3ccc(OC)cc3)c3cnn(C)c3n2)CC1. The van der Waals surface area contributed by atoms with Gasteiger partial charge in [0.25, 0.3) is 0 Å². The zero-order valence-corrected chi connectivity index (χ0v) is 17.4. The van der Waals surface area contributed by atoms with Crippen molar-refractivity contribution in [2.24, 2.45) is 7.05 Å². The third-order valence-corrected chi connectivity index (χ3v) is 5.39. The maximum Gasteiger partial charge on any atom is 0.229 e. The third kappa shape index (κ3) is 4.27. The lowest BCUT2D eigenvalue weighted by Gasteiger charge is -2.34. The van der Waals surface area contributed by atoms with Crippen molar-refractivity contribution in [2.45, 2.75) is 19.9 Å². The van der Waals surface area contributed by atoms with Gasteiger partial charge in [0.05, 0.1) is 18.7 Å². The predicted octanol–water partition coefficient (Wildman–Crippen LogP) is 2.52. The van der Waals surface area contributed by atoms with Gasteiger partial charge in [0.2, 0.25) is 5.95 Å². The molecule has 0 amide bonds. The molecule has 0 atom stereocenters. The summed E-state index contributed by atoms with van der Waals surface area (Å²) in [5, 5.41) is 8.81. The van der Waals surface area contributed by atoms with Crippen LogP contribution in [0.2, 0.25) is 0 Å². The Morgan fingerprint density at radius 1 is 1.07 bits per heavy atom. The van der Waals surface area contributed by atoms with Crippen molar-refractivity contribution in [3.8, 4) is 5.75 Å². The van der Waals surface area contributed by atoms with E-state index in [2.05, 4.69) is 39.3 Å². The van der Waals surface area contributed by atoms with Crippen LogP contribution < -0.4 is 15.0 Å². The number of benzene rings is 1. The first-order valence-electron chi connectivity index (χ1n) is 10.2. The minimum absolute atomic E-state index is 0.675. The van der Waals surface area contributed by atoms with Crippen LogP contribution in [0, 0.1) is 0 Å². The van der Waals surface area contributed by atoms with Gasteiger partial charge in [-0.1, -0.05) is 19.1 Å². The van der Waals surface area contributed by atoms with Gasteiger partial charge in [-0.2, -0.15) is 15.1 Å². The average Bonchev–Trinajstić information content (AvgIpc) is 3.14. The van der Waals surface area contributed by atoms with Crippen LogP contribution >= 0.6 is 0 Å². The van der Waals surface area contributed by atoms with Crippen LogP contribution in [0.3, 0.4) is 0 Å². The number of aromatic nitrogens is 4. The van der Waals surface area contributed by atoms with Crippen LogP contribution in [0.15, 0.2) is 30.5 Å². The van der Waals surface area contributed by atoms with Gasteiger partial charge in [-0.25, -0.2) is 0 Å². The number of hydrogen-bond acceptors (Lipinski definition) is 7. The zero-order chi connectivity index (χ0) is 20.2. The largest absolute Gasteiger partial charge is 0.497 e. The molecule has 3 heterocycles. The number of nitrogens with one attached hydrogen (secondary N) is 1. The Morgan fingerprint density at radius 2 is 1.83 bits per heavy atom. The summed E-state index contributed by atoms with van der Waals surface area (Å²) in [6.07, 6.45) is 3.02. The Bertz CT molecular complexity index is 946. The molecule has 0 unspecified atom stereocenters. The molecule has 0 saturated carbocycles. The monoisotopic (exact) mass is 395 g/mol. The Kier molecular flexibility index (Phi) is 5.80. The van der Waals surface area contributed by atoms with Crippen molar-refractivity contribution < 1.29 is 4.74 Å². The molecule has 1 aromatic carbocycles. The molecule has 8 nitrogen and oxygen atoms in total. The van der Waals surface area contributed by atoms with E-state index in [1.54, 1.807) is 7.11 Å². The van der Waals surface area contributed by atoms with Gasteiger partial charge < -0.3 is 15.0 Å². The van der Waals surface area contributed by atoms with Crippen LogP contribution in [-0.2, 0) is 13.6 Å².